The molecule has 4 nitrogen and oxygen atoms in total. The van der Waals surface area contributed by atoms with Crippen LogP contribution in [0.15, 0.2) is 49.1 Å². The second kappa shape index (κ2) is 11.4. The third-order valence-corrected chi connectivity index (χ3v) is 3.38. The van der Waals surface area contributed by atoms with Gasteiger partial charge in [-0.05, 0) is 25.2 Å². The molecular formula is C18H23ClN2O2S. The molecule has 6 heteroatoms. The standard InChI is InChI=1S/C16H17ClN2O2S.C2H6/c1-5-7-11(6-2)15(20)19-16(22)18-12-8-13(17)10(3)14(9-12)21-4;1-2/h5-9H,1-2H2,3-4H3,(H2,18,19,20,22);1-2H3/b11-7+;. The van der Waals surface area contributed by atoms with Gasteiger partial charge >= 0.3 is 0 Å². The lowest BCUT2D eigenvalue weighted by Gasteiger charge is -2.13. The first-order valence-electron chi connectivity index (χ1n) is 7.34. The molecule has 0 unspecified atom stereocenters. The molecule has 0 saturated heterocycles. The van der Waals surface area contributed by atoms with Crippen LogP contribution in [-0.4, -0.2) is 18.1 Å². The Morgan fingerprint density at radius 1 is 1.33 bits per heavy atom. The van der Waals surface area contributed by atoms with Crippen LogP contribution in [0.3, 0.4) is 0 Å². The van der Waals surface area contributed by atoms with E-state index >= 15 is 0 Å². The van der Waals surface area contributed by atoms with Gasteiger partial charge in [-0.25, -0.2) is 0 Å². The number of methoxy groups -OCH3 is 1. The summed E-state index contributed by atoms with van der Waals surface area (Å²) in [5, 5.41) is 6.11. The van der Waals surface area contributed by atoms with E-state index in [2.05, 4.69) is 23.8 Å². The average molecular weight is 367 g/mol. The van der Waals surface area contributed by atoms with Crippen molar-refractivity contribution >= 4 is 40.5 Å². The fourth-order valence-corrected chi connectivity index (χ4v) is 2.06. The van der Waals surface area contributed by atoms with Crippen LogP contribution < -0.4 is 15.4 Å². The smallest absolute Gasteiger partial charge is 0.257 e. The van der Waals surface area contributed by atoms with Gasteiger partial charge < -0.3 is 10.1 Å². The van der Waals surface area contributed by atoms with Gasteiger partial charge in [-0.1, -0.05) is 56.8 Å². The molecule has 0 aliphatic rings. The molecular weight excluding hydrogens is 344 g/mol. The van der Waals surface area contributed by atoms with Gasteiger partial charge in [0.05, 0.1) is 7.11 Å². The van der Waals surface area contributed by atoms with Crippen molar-refractivity contribution in [3.05, 3.63) is 59.7 Å². The molecule has 0 heterocycles. The van der Waals surface area contributed by atoms with Crippen LogP contribution >= 0.6 is 23.8 Å². The maximum atomic E-state index is 11.9. The number of halogens is 1. The summed E-state index contributed by atoms with van der Waals surface area (Å²) in [6.07, 6.45) is 4.46. The molecule has 1 rings (SSSR count). The van der Waals surface area contributed by atoms with Gasteiger partial charge in [0, 0.05) is 27.9 Å². The van der Waals surface area contributed by atoms with Crippen LogP contribution in [0, 0.1) is 6.92 Å². The Balaban J connectivity index is 0.00000254. The fourth-order valence-electron chi connectivity index (χ4n) is 1.64. The summed E-state index contributed by atoms with van der Waals surface area (Å²) in [4.78, 5) is 11.9. The number of hydrogen-bond acceptors (Lipinski definition) is 3. The van der Waals surface area contributed by atoms with Crippen molar-refractivity contribution in [2.75, 3.05) is 12.4 Å². The van der Waals surface area contributed by atoms with E-state index in [4.69, 9.17) is 28.6 Å². The molecule has 2 N–H and O–H groups in total. The first-order valence-corrected chi connectivity index (χ1v) is 8.13. The maximum absolute atomic E-state index is 11.9. The molecule has 0 fully saturated rings. The first kappa shape index (κ1) is 21.9. The van der Waals surface area contributed by atoms with Gasteiger partial charge in [-0.15, -0.1) is 0 Å². The first-order chi connectivity index (χ1) is 11.4. The number of ether oxygens (including phenoxy) is 1. The van der Waals surface area contributed by atoms with Crippen molar-refractivity contribution in [3.8, 4) is 5.75 Å². The largest absolute Gasteiger partial charge is 0.496 e. The molecule has 0 bridgehead atoms. The number of thiocarbonyl (C=S) groups is 1. The van der Waals surface area contributed by atoms with E-state index in [0.29, 0.717) is 22.0 Å². The molecule has 1 aromatic rings. The molecule has 0 saturated carbocycles. The normalized spacial score (nSPS) is 9.96. The van der Waals surface area contributed by atoms with Gasteiger partial charge in [0.1, 0.15) is 5.75 Å². The number of benzene rings is 1. The minimum atomic E-state index is -0.377. The lowest BCUT2D eigenvalue weighted by Crippen LogP contribution is -2.34. The predicted octanol–water partition coefficient (Wildman–Crippen LogP) is 4.79. The number of amides is 1. The summed E-state index contributed by atoms with van der Waals surface area (Å²) in [6.45, 7) is 12.9. The molecule has 1 amide bonds. The molecule has 1 aromatic carbocycles. The van der Waals surface area contributed by atoms with E-state index in [1.165, 1.54) is 18.2 Å². The Hall–Kier alpha value is -2.11. The molecule has 0 aliphatic heterocycles. The third kappa shape index (κ3) is 6.56. The van der Waals surface area contributed by atoms with Gasteiger partial charge in [-0.2, -0.15) is 0 Å². The van der Waals surface area contributed by atoms with Crippen LogP contribution in [0.4, 0.5) is 5.69 Å². The summed E-state index contributed by atoms with van der Waals surface area (Å²) in [6, 6.07) is 3.44. The van der Waals surface area contributed by atoms with Crippen LogP contribution in [0.2, 0.25) is 5.02 Å². The summed E-state index contributed by atoms with van der Waals surface area (Å²) in [7, 11) is 1.55. The summed E-state index contributed by atoms with van der Waals surface area (Å²) in [5.41, 5.74) is 1.80. The van der Waals surface area contributed by atoms with Crippen LogP contribution in [0.1, 0.15) is 19.4 Å². The summed E-state index contributed by atoms with van der Waals surface area (Å²) < 4.78 is 5.23. The Labute approximate surface area is 154 Å². The average Bonchev–Trinajstić information content (AvgIpc) is 2.57. The zero-order valence-electron chi connectivity index (χ0n) is 14.4. The van der Waals surface area contributed by atoms with E-state index in [1.54, 1.807) is 19.2 Å². The lowest BCUT2D eigenvalue weighted by molar-refractivity contribution is -0.115. The molecule has 24 heavy (non-hydrogen) atoms. The van der Waals surface area contributed by atoms with Crippen molar-refractivity contribution in [2.45, 2.75) is 20.8 Å². The van der Waals surface area contributed by atoms with E-state index in [1.807, 2.05) is 20.8 Å². The highest BCUT2D eigenvalue weighted by Gasteiger charge is 2.10. The van der Waals surface area contributed by atoms with Gasteiger partial charge in [-0.3, -0.25) is 10.1 Å². The number of rotatable bonds is 5. The summed E-state index contributed by atoms with van der Waals surface area (Å²) >= 11 is 11.2. The topological polar surface area (TPSA) is 50.4 Å². The molecule has 0 radical (unpaired) electrons. The zero-order valence-corrected chi connectivity index (χ0v) is 16.0. The van der Waals surface area contributed by atoms with Gasteiger partial charge in [0.2, 0.25) is 0 Å². The number of allylic oxidation sites excluding steroid dienone is 2. The van der Waals surface area contributed by atoms with E-state index in [-0.39, 0.29) is 11.0 Å². The lowest BCUT2D eigenvalue weighted by atomic mass is 10.2. The summed E-state index contributed by atoms with van der Waals surface area (Å²) in [5.74, 6) is 0.250. The molecule has 0 spiro atoms. The van der Waals surface area contributed by atoms with Gasteiger partial charge in [0.25, 0.3) is 5.91 Å². The highest BCUT2D eigenvalue weighted by molar-refractivity contribution is 7.80. The van der Waals surface area contributed by atoms with Crippen molar-refractivity contribution < 1.29 is 9.53 Å². The predicted molar refractivity (Wildman–Crippen MR) is 107 cm³/mol. The molecule has 0 aliphatic carbocycles. The van der Waals surface area contributed by atoms with E-state index in [9.17, 15) is 4.79 Å². The SMILES string of the molecule is C=C/C=C(\C=C)C(=O)NC(=S)Nc1cc(Cl)c(C)c(OC)c1.CC. The highest BCUT2D eigenvalue weighted by Crippen LogP contribution is 2.29. The van der Waals surface area contributed by atoms with Crippen molar-refractivity contribution in [3.63, 3.8) is 0 Å². The molecule has 0 aromatic heterocycles. The Kier molecular flexibility index (Phi) is 10.4. The fraction of sp³-hybridized carbons (Fsp3) is 0.222. The van der Waals surface area contributed by atoms with Crippen molar-refractivity contribution in [2.24, 2.45) is 0 Å². The number of anilines is 1. The Bertz CT molecular complexity index is 655. The second-order valence-electron chi connectivity index (χ2n) is 4.26. The minimum absolute atomic E-state index is 0.142. The van der Waals surface area contributed by atoms with Crippen LogP contribution in [0.5, 0.6) is 5.75 Å². The monoisotopic (exact) mass is 366 g/mol. The Morgan fingerprint density at radius 3 is 2.46 bits per heavy atom. The molecule has 130 valence electrons. The molecule has 0 atom stereocenters. The highest BCUT2D eigenvalue weighted by atomic mass is 35.5. The maximum Gasteiger partial charge on any atom is 0.257 e. The Morgan fingerprint density at radius 2 is 1.96 bits per heavy atom. The number of carbonyl (C=O) groups excluding carboxylic acids is 1. The third-order valence-electron chi connectivity index (χ3n) is 2.78. The minimum Gasteiger partial charge on any atom is -0.496 e. The zero-order chi connectivity index (χ0) is 18.7. The van der Waals surface area contributed by atoms with Crippen molar-refractivity contribution in [1.82, 2.24) is 5.32 Å². The van der Waals surface area contributed by atoms with Crippen molar-refractivity contribution in [1.29, 1.82) is 0 Å². The van der Waals surface area contributed by atoms with Crippen LogP contribution in [-0.2, 0) is 4.79 Å². The number of hydrogen-bond donors (Lipinski definition) is 2. The van der Waals surface area contributed by atoms with E-state index < -0.39 is 0 Å². The quantitative estimate of drug-likeness (QED) is 0.446. The number of carbonyl (C=O) groups is 1. The number of nitrogens with one attached hydrogen (secondary N) is 2. The van der Waals surface area contributed by atoms with Gasteiger partial charge in [0.15, 0.2) is 5.11 Å². The van der Waals surface area contributed by atoms with Crippen LogP contribution in [0.25, 0.3) is 0 Å². The second-order valence-corrected chi connectivity index (χ2v) is 5.07. The van der Waals surface area contributed by atoms with E-state index in [0.717, 1.165) is 5.56 Å².